The fraction of sp³-hybridized carbons (Fsp3) is 1.00. The van der Waals surface area contributed by atoms with Gasteiger partial charge in [0, 0.05) is 20.2 Å². The molecular formula is C7H14BO6PS. The Morgan fingerprint density at radius 3 is 2.62 bits per heavy atom. The van der Waals surface area contributed by atoms with Gasteiger partial charge < -0.3 is 24.0 Å². The average molecular weight is 268 g/mol. The van der Waals surface area contributed by atoms with Gasteiger partial charge in [0.2, 0.25) is 0 Å². The van der Waals surface area contributed by atoms with E-state index in [9.17, 15) is 10.00 Å². The molecule has 1 aliphatic rings. The highest BCUT2D eigenvalue weighted by molar-refractivity contribution is 8.07. The summed E-state index contributed by atoms with van der Waals surface area (Å²) in [7, 11) is 8.20. The molecule has 0 aromatic heterocycles. The number of aliphatic hydroxyl groups excluding tert-OH is 1. The highest BCUT2D eigenvalue weighted by atomic mass is 32.5. The second-order valence-electron chi connectivity index (χ2n) is 3.31. The third-order valence-corrected chi connectivity index (χ3v) is 3.86. The van der Waals surface area contributed by atoms with Crippen molar-refractivity contribution in [2.45, 2.75) is 24.3 Å². The van der Waals surface area contributed by atoms with Crippen molar-refractivity contribution in [1.82, 2.24) is 0 Å². The summed E-state index contributed by atoms with van der Waals surface area (Å²) in [5, 5.41) is 9.69. The molecule has 5 atom stereocenters. The molecule has 2 radical (unpaired) electrons. The van der Waals surface area contributed by atoms with E-state index >= 15 is 0 Å². The summed E-state index contributed by atoms with van der Waals surface area (Å²) in [4.78, 5) is 9.51. The Balaban J connectivity index is 2.70. The van der Waals surface area contributed by atoms with Crippen LogP contribution in [0.15, 0.2) is 0 Å². The van der Waals surface area contributed by atoms with Gasteiger partial charge in [-0.25, -0.2) is 0 Å². The summed E-state index contributed by atoms with van der Waals surface area (Å²) in [5.74, 6) is 0. The van der Waals surface area contributed by atoms with E-state index in [1.807, 2.05) is 0 Å². The predicted octanol–water partition coefficient (Wildman–Crippen LogP) is -0.865. The first-order valence-electron chi connectivity index (χ1n) is 4.56. The molecule has 0 aromatic carbocycles. The van der Waals surface area contributed by atoms with Gasteiger partial charge in [-0.3, -0.25) is 4.52 Å². The Morgan fingerprint density at radius 2 is 2.12 bits per heavy atom. The predicted molar refractivity (Wildman–Crippen MR) is 60.7 cm³/mol. The molecule has 1 heterocycles. The van der Waals surface area contributed by atoms with E-state index in [1.165, 1.54) is 14.2 Å². The van der Waals surface area contributed by atoms with E-state index in [-0.39, 0.29) is 6.61 Å². The number of ether oxygens (including phenoxy) is 2. The molecule has 9 heteroatoms. The molecule has 0 aromatic rings. The highest BCUT2D eigenvalue weighted by Gasteiger charge is 2.44. The van der Waals surface area contributed by atoms with E-state index in [0.717, 1.165) is 0 Å². The van der Waals surface area contributed by atoms with E-state index in [0.29, 0.717) is 0 Å². The molecule has 0 amide bonds. The van der Waals surface area contributed by atoms with Crippen molar-refractivity contribution in [3.8, 4) is 0 Å². The van der Waals surface area contributed by atoms with Crippen LogP contribution in [-0.4, -0.2) is 63.0 Å². The molecule has 16 heavy (non-hydrogen) atoms. The van der Waals surface area contributed by atoms with Crippen molar-refractivity contribution < 1.29 is 28.5 Å². The van der Waals surface area contributed by atoms with Crippen LogP contribution in [-0.2, 0) is 30.3 Å². The van der Waals surface area contributed by atoms with Crippen molar-refractivity contribution in [1.29, 1.82) is 0 Å². The van der Waals surface area contributed by atoms with Crippen molar-refractivity contribution in [3.63, 3.8) is 0 Å². The first kappa shape index (κ1) is 14.5. The molecule has 5 unspecified atom stereocenters. The zero-order valence-electron chi connectivity index (χ0n) is 8.98. The summed E-state index contributed by atoms with van der Waals surface area (Å²) in [6, 6.07) is -0.892. The van der Waals surface area contributed by atoms with Gasteiger partial charge in [0.25, 0.3) is 0 Å². The Hall–Kier alpha value is 0.475. The highest BCUT2D eigenvalue weighted by Crippen LogP contribution is 2.46. The maximum atomic E-state index is 9.69. The Kier molecular flexibility index (Phi) is 5.35. The molecule has 6 nitrogen and oxygen atoms in total. The van der Waals surface area contributed by atoms with E-state index < -0.39 is 31.0 Å². The molecule has 1 aliphatic heterocycles. The monoisotopic (exact) mass is 268 g/mol. The number of aliphatic hydroxyl groups is 1. The third kappa shape index (κ3) is 3.48. The van der Waals surface area contributed by atoms with Crippen molar-refractivity contribution >= 4 is 26.4 Å². The quantitative estimate of drug-likeness (QED) is 0.496. The Labute approximate surface area is 100 Å². The minimum Gasteiger partial charge on any atom is -0.388 e. The second-order valence-corrected chi connectivity index (χ2v) is 6.20. The third-order valence-electron chi connectivity index (χ3n) is 2.19. The molecule has 0 aliphatic carbocycles. The minimum absolute atomic E-state index is 0.175. The number of hydrogen-bond donors (Lipinski definition) is 2. The molecule has 1 rings (SSSR count). The molecule has 0 saturated carbocycles. The van der Waals surface area contributed by atoms with Crippen LogP contribution >= 0.6 is 6.72 Å². The van der Waals surface area contributed by atoms with Crippen LogP contribution in [0.3, 0.4) is 0 Å². The number of hydrogen-bond acceptors (Lipinski definition) is 6. The van der Waals surface area contributed by atoms with Crippen LogP contribution in [0.25, 0.3) is 0 Å². The summed E-state index contributed by atoms with van der Waals surface area (Å²) >= 11 is 4.68. The normalized spacial score (nSPS) is 38.5. The van der Waals surface area contributed by atoms with E-state index in [1.54, 1.807) is 0 Å². The van der Waals surface area contributed by atoms with Crippen LogP contribution in [0.2, 0.25) is 0 Å². The largest absolute Gasteiger partial charge is 0.388 e. The fourth-order valence-electron chi connectivity index (χ4n) is 1.39. The van der Waals surface area contributed by atoms with Gasteiger partial charge in [0.05, 0.1) is 6.61 Å². The van der Waals surface area contributed by atoms with Gasteiger partial charge >= 0.3 is 6.72 Å². The first-order valence-corrected chi connectivity index (χ1v) is 7.15. The summed E-state index contributed by atoms with van der Waals surface area (Å²) < 4.78 is 19.8. The summed E-state index contributed by atoms with van der Waals surface area (Å²) in [6.45, 7) is -3.19. The smallest absolute Gasteiger partial charge is 0.324 e. The molecule has 2 N–H and O–H groups in total. The zero-order chi connectivity index (χ0) is 12.3. The summed E-state index contributed by atoms with van der Waals surface area (Å²) in [5.41, 5.74) is 0. The first-order chi connectivity index (χ1) is 7.41. The van der Waals surface area contributed by atoms with Gasteiger partial charge in [-0.1, -0.05) is 0 Å². The topological polar surface area (TPSA) is 77.4 Å². The van der Waals surface area contributed by atoms with Gasteiger partial charge in [0.1, 0.15) is 26.2 Å². The van der Waals surface area contributed by atoms with Gasteiger partial charge in [-0.15, -0.1) is 0 Å². The van der Waals surface area contributed by atoms with Crippen LogP contribution < -0.4 is 0 Å². The van der Waals surface area contributed by atoms with E-state index in [4.69, 9.17) is 21.8 Å². The van der Waals surface area contributed by atoms with E-state index in [2.05, 4.69) is 16.3 Å². The van der Waals surface area contributed by atoms with Crippen molar-refractivity contribution in [2.75, 3.05) is 20.8 Å². The Bertz CT molecular complexity index is 280. The molecule has 0 bridgehead atoms. The number of methoxy groups -OCH3 is 1. The lowest BCUT2D eigenvalue weighted by Gasteiger charge is -2.24. The fourth-order valence-corrected chi connectivity index (χ4v) is 2.34. The van der Waals surface area contributed by atoms with Crippen molar-refractivity contribution in [3.05, 3.63) is 0 Å². The molecule has 92 valence electrons. The zero-order valence-corrected chi connectivity index (χ0v) is 10.7. The Morgan fingerprint density at radius 1 is 1.50 bits per heavy atom. The van der Waals surface area contributed by atoms with Gasteiger partial charge in [-0.2, -0.15) is 0 Å². The molecular weight excluding hydrogens is 254 g/mol. The SMILES string of the molecule is [B]C1OC(COC)C(OP(O)(=S)OC)C1O. The lowest BCUT2D eigenvalue weighted by atomic mass is 9.93. The van der Waals surface area contributed by atoms with Crippen LogP contribution in [0.5, 0.6) is 0 Å². The molecule has 0 spiro atoms. The number of rotatable bonds is 5. The lowest BCUT2D eigenvalue weighted by Crippen LogP contribution is -2.36. The maximum Gasteiger partial charge on any atom is 0.324 e. The second kappa shape index (κ2) is 5.88. The summed E-state index contributed by atoms with van der Waals surface area (Å²) in [6.07, 6.45) is -2.52. The average Bonchev–Trinajstić information content (AvgIpc) is 2.47. The minimum atomic E-state index is -3.37. The van der Waals surface area contributed by atoms with Crippen LogP contribution in [0, 0.1) is 0 Å². The lowest BCUT2D eigenvalue weighted by molar-refractivity contribution is -0.0165. The van der Waals surface area contributed by atoms with Crippen LogP contribution in [0.4, 0.5) is 0 Å². The van der Waals surface area contributed by atoms with Gasteiger partial charge in [0.15, 0.2) is 0 Å². The molecule has 1 saturated heterocycles. The van der Waals surface area contributed by atoms with Gasteiger partial charge in [-0.05, 0) is 11.8 Å². The standard InChI is InChI=1S/C7H14BO6PS/c1-11-3-4-6(5(9)7(8)13-4)14-15(10,16)12-2/h4-7,9H,3H2,1-2H3,(H,10,16). The maximum absolute atomic E-state index is 9.69. The molecule has 1 fully saturated rings. The van der Waals surface area contributed by atoms with Crippen LogP contribution in [0.1, 0.15) is 0 Å². The van der Waals surface area contributed by atoms with Crippen molar-refractivity contribution in [2.24, 2.45) is 0 Å².